The average molecular weight is 464 g/mol. The summed E-state index contributed by atoms with van der Waals surface area (Å²) >= 11 is 0. The highest BCUT2D eigenvalue weighted by molar-refractivity contribution is 5.94. The number of carbonyl (C=O) groups is 1. The lowest BCUT2D eigenvalue weighted by molar-refractivity contribution is 0.0954. The highest BCUT2D eigenvalue weighted by Gasteiger charge is 2.19. The maximum atomic E-state index is 12.4. The third-order valence-corrected chi connectivity index (χ3v) is 6.08. The van der Waals surface area contributed by atoms with Gasteiger partial charge in [0, 0.05) is 51.1 Å². The molecule has 8 heteroatoms. The van der Waals surface area contributed by atoms with E-state index in [1.807, 2.05) is 44.2 Å². The van der Waals surface area contributed by atoms with Crippen molar-refractivity contribution in [2.24, 2.45) is 0 Å². The van der Waals surface area contributed by atoms with Crippen molar-refractivity contribution in [3.63, 3.8) is 0 Å². The number of hydrogen-bond acceptors (Lipinski definition) is 6. The molecule has 0 saturated heterocycles. The zero-order valence-electron chi connectivity index (χ0n) is 20.2. The summed E-state index contributed by atoms with van der Waals surface area (Å²) in [6.45, 7) is 8.60. The molecule has 1 N–H and O–H groups in total. The van der Waals surface area contributed by atoms with Crippen LogP contribution in [-0.4, -0.2) is 58.9 Å². The first-order chi connectivity index (χ1) is 16.6. The van der Waals surface area contributed by atoms with Crippen molar-refractivity contribution in [2.75, 3.05) is 33.4 Å². The van der Waals surface area contributed by atoms with E-state index >= 15 is 0 Å². The van der Waals surface area contributed by atoms with Gasteiger partial charge in [0.25, 0.3) is 5.91 Å². The maximum Gasteiger partial charge on any atom is 0.251 e. The molecule has 1 amide bonds. The van der Waals surface area contributed by atoms with Gasteiger partial charge in [0.1, 0.15) is 11.6 Å². The Balaban J connectivity index is 1.32. The summed E-state index contributed by atoms with van der Waals surface area (Å²) in [5.74, 6) is 3.40. The Morgan fingerprint density at radius 2 is 1.88 bits per heavy atom. The summed E-state index contributed by atoms with van der Waals surface area (Å²) in [5, 5.41) is 11.8. The minimum atomic E-state index is -0.0623. The van der Waals surface area contributed by atoms with Gasteiger partial charge in [-0.15, -0.1) is 10.2 Å². The summed E-state index contributed by atoms with van der Waals surface area (Å²) < 4.78 is 13.3. The number of hydrogen-bond donors (Lipinski definition) is 1. The van der Waals surface area contributed by atoms with Gasteiger partial charge in [0.05, 0.1) is 13.7 Å². The standard InChI is InChI=1S/C26H33N5O3/c1-4-34-23-17-20(7-10-22(23)33-3)18-30-14-12-25-29-28-24(31(25)16-15-30)11-13-27-26(32)21-8-5-19(2)6-9-21/h5-10,17H,4,11-16,18H2,1-3H3,(H,27,32). The Labute approximate surface area is 200 Å². The second-order valence-corrected chi connectivity index (χ2v) is 8.50. The molecule has 34 heavy (non-hydrogen) atoms. The van der Waals surface area contributed by atoms with Crippen molar-refractivity contribution in [1.82, 2.24) is 25.0 Å². The van der Waals surface area contributed by atoms with E-state index in [2.05, 4.69) is 37.1 Å². The molecule has 2 heterocycles. The molecular weight excluding hydrogens is 430 g/mol. The van der Waals surface area contributed by atoms with Gasteiger partial charge in [-0.25, -0.2) is 0 Å². The minimum absolute atomic E-state index is 0.0623. The minimum Gasteiger partial charge on any atom is -0.493 e. The molecule has 2 aromatic carbocycles. The Kier molecular flexibility index (Phi) is 7.80. The molecule has 0 bridgehead atoms. The van der Waals surface area contributed by atoms with Crippen molar-refractivity contribution < 1.29 is 14.3 Å². The molecule has 0 fully saturated rings. The monoisotopic (exact) mass is 463 g/mol. The van der Waals surface area contributed by atoms with E-state index in [-0.39, 0.29) is 5.91 Å². The van der Waals surface area contributed by atoms with Gasteiger partial charge < -0.3 is 19.4 Å². The largest absolute Gasteiger partial charge is 0.493 e. The van der Waals surface area contributed by atoms with Crippen LogP contribution < -0.4 is 14.8 Å². The first kappa shape index (κ1) is 23.8. The Bertz CT molecular complexity index is 1110. The van der Waals surface area contributed by atoms with Crippen molar-refractivity contribution in [1.29, 1.82) is 0 Å². The Hall–Kier alpha value is -3.39. The Morgan fingerprint density at radius 3 is 2.65 bits per heavy atom. The van der Waals surface area contributed by atoms with Crippen LogP contribution >= 0.6 is 0 Å². The van der Waals surface area contributed by atoms with Crippen LogP contribution in [0.4, 0.5) is 0 Å². The molecule has 1 aliphatic heterocycles. The molecule has 0 radical (unpaired) electrons. The van der Waals surface area contributed by atoms with Crippen molar-refractivity contribution in [2.45, 2.75) is 39.8 Å². The zero-order valence-corrected chi connectivity index (χ0v) is 20.2. The number of aromatic nitrogens is 3. The third kappa shape index (κ3) is 5.75. The normalized spacial score (nSPS) is 13.7. The zero-order chi connectivity index (χ0) is 23.9. The van der Waals surface area contributed by atoms with Crippen molar-refractivity contribution in [3.05, 3.63) is 70.8 Å². The number of carbonyl (C=O) groups excluding carboxylic acids is 1. The van der Waals surface area contributed by atoms with Crippen molar-refractivity contribution >= 4 is 5.91 Å². The van der Waals surface area contributed by atoms with E-state index in [1.54, 1.807) is 7.11 Å². The van der Waals surface area contributed by atoms with E-state index < -0.39 is 0 Å². The van der Waals surface area contributed by atoms with E-state index in [0.717, 1.165) is 61.3 Å². The number of nitrogens with one attached hydrogen (secondary N) is 1. The lowest BCUT2D eigenvalue weighted by Gasteiger charge is -2.20. The van der Waals surface area contributed by atoms with E-state index in [4.69, 9.17) is 9.47 Å². The topological polar surface area (TPSA) is 81.5 Å². The first-order valence-corrected chi connectivity index (χ1v) is 11.8. The molecule has 4 rings (SSSR count). The van der Waals surface area contributed by atoms with Gasteiger partial charge in [-0.3, -0.25) is 9.69 Å². The number of benzene rings is 2. The number of fused-ring (bicyclic) bond motifs is 1. The van der Waals surface area contributed by atoms with Gasteiger partial charge in [-0.2, -0.15) is 0 Å². The first-order valence-electron chi connectivity index (χ1n) is 11.8. The van der Waals surface area contributed by atoms with Gasteiger partial charge in [-0.1, -0.05) is 23.8 Å². The molecule has 0 aliphatic carbocycles. The van der Waals surface area contributed by atoms with Crippen LogP contribution in [0.25, 0.3) is 0 Å². The van der Waals surface area contributed by atoms with Gasteiger partial charge in [-0.05, 0) is 43.7 Å². The summed E-state index contributed by atoms with van der Waals surface area (Å²) in [6, 6.07) is 13.7. The second-order valence-electron chi connectivity index (χ2n) is 8.50. The third-order valence-electron chi connectivity index (χ3n) is 6.08. The quantitative estimate of drug-likeness (QED) is 0.525. The molecule has 1 aromatic heterocycles. The molecule has 0 atom stereocenters. The molecule has 0 spiro atoms. The van der Waals surface area contributed by atoms with Crippen LogP contribution in [0.2, 0.25) is 0 Å². The van der Waals surface area contributed by atoms with Gasteiger partial charge in [0.2, 0.25) is 0 Å². The maximum absolute atomic E-state index is 12.4. The summed E-state index contributed by atoms with van der Waals surface area (Å²) in [5.41, 5.74) is 3.01. The molecule has 1 aliphatic rings. The van der Waals surface area contributed by atoms with Gasteiger partial charge in [0.15, 0.2) is 11.5 Å². The molecule has 8 nitrogen and oxygen atoms in total. The van der Waals surface area contributed by atoms with Gasteiger partial charge >= 0.3 is 0 Å². The second kappa shape index (κ2) is 11.2. The van der Waals surface area contributed by atoms with Crippen LogP contribution in [0.15, 0.2) is 42.5 Å². The molecule has 3 aromatic rings. The summed E-state index contributed by atoms with van der Waals surface area (Å²) in [6.07, 6.45) is 1.50. The Morgan fingerprint density at radius 1 is 1.06 bits per heavy atom. The van der Waals surface area contributed by atoms with Crippen LogP contribution in [0.3, 0.4) is 0 Å². The highest BCUT2D eigenvalue weighted by Crippen LogP contribution is 2.28. The number of aryl methyl sites for hydroxylation is 1. The van der Waals surface area contributed by atoms with Crippen LogP contribution in [0.5, 0.6) is 11.5 Å². The number of amides is 1. The molecule has 0 unspecified atom stereocenters. The van der Waals surface area contributed by atoms with E-state index in [0.29, 0.717) is 25.1 Å². The predicted octanol–water partition coefficient (Wildman–Crippen LogP) is 3.02. The number of nitrogens with zero attached hydrogens (tertiary/aromatic N) is 4. The lowest BCUT2D eigenvalue weighted by atomic mass is 10.1. The highest BCUT2D eigenvalue weighted by atomic mass is 16.5. The predicted molar refractivity (Wildman–Crippen MR) is 130 cm³/mol. The van der Waals surface area contributed by atoms with Crippen LogP contribution in [-0.2, 0) is 25.9 Å². The molecule has 180 valence electrons. The summed E-state index contributed by atoms with van der Waals surface area (Å²) in [4.78, 5) is 14.8. The average Bonchev–Trinajstić information content (AvgIpc) is 3.11. The number of ether oxygens (including phenoxy) is 2. The number of methoxy groups -OCH3 is 1. The van der Waals surface area contributed by atoms with E-state index in [1.165, 1.54) is 5.56 Å². The summed E-state index contributed by atoms with van der Waals surface area (Å²) in [7, 11) is 1.66. The fraction of sp³-hybridized carbons (Fsp3) is 0.423. The lowest BCUT2D eigenvalue weighted by Crippen LogP contribution is -2.28. The fourth-order valence-corrected chi connectivity index (χ4v) is 4.21. The fourth-order valence-electron chi connectivity index (χ4n) is 4.21. The SMILES string of the molecule is CCOc1cc(CN2CCc3nnc(CCNC(=O)c4ccc(C)cc4)n3CC2)ccc1OC. The molecular formula is C26H33N5O3. The van der Waals surface area contributed by atoms with Crippen molar-refractivity contribution in [3.8, 4) is 11.5 Å². The smallest absolute Gasteiger partial charge is 0.251 e. The van der Waals surface area contributed by atoms with Crippen LogP contribution in [0.1, 0.15) is 40.1 Å². The molecule has 0 saturated carbocycles. The van der Waals surface area contributed by atoms with Crippen LogP contribution in [0, 0.1) is 6.92 Å². The number of rotatable bonds is 9. The van der Waals surface area contributed by atoms with E-state index in [9.17, 15) is 4.79 Å².